The van der Waals surface area contributed by atoms with Crippen molar-refractivity contribution in [2.24, 2.45) is 0 Å². The summed E-state index contributed by atoms with van der Waals surface area (Å²) in [6.07, 6.45) is 0.831. The molecule has 2 heterocycles. The number of para-hydroxylation sites is 2. The fraction of sp³-hybridized carbons (Fsp3) is 0.154. The maximum Gasteiger partial charge on any atom is 0.304 e. The Labute approximate surface area is 118 Å². The first-order valence-corrected chi connectivity index (χ1v) is 6.78. The molecule has 0 aliphatic heterocycles. The van der Waals surface area contributed by atoms with E-state index >= 15 is 0 Å². The predicted molar refractivity (Wildman–Crippen MR) is 76.2 cm³/mol. The molecule has 1 aromatic carbocycles. The van der Waals surface area contributed by atoms with Gasteiger partial charge in [-0.2, -0.15) is 0 Å². The van der Waals surface area contributed by atoms with Gasteiger partial charge in [-0.25, -0.2) is 4.98 Å². The topological polar surface area (TPSA) is 81.2 Å². The number of benzene rings is 1. The molecule has 3 rings (SSSR count). The van der Waals surface area contributed by atoms with E-state index in [2.05, 4.69) is 4.98 Å². The second kappa shape index (κ2) is 4.69. The molecule has 2 aromatic heterocycles. The minimum Gasteiger partial charge on any atom is -0.388 e. The molecule has 0 aliphatic carbocycles. The summed E-state index contributed by atoms with van der Waals surface area (Å²) in [7, 11) is 0. The van der Waals surface area contributed by atoms with Gasteiger partial charge in [-0.15, -0.1) is 11.3 Å². The van der Waals surface area contributed by atoms with Crippen molar-refractivity contribution in [1.82, 2.24) is 9.55 Å². The van der Waals surface area contributed by atoms with Crippen LogP contribution in [0, 0.1) is 10.1 Å². The molecule has 7 heteroatoms. The molecule has 0 aliphatic rings. The van der Waals surface area contributed by atoms with Crippen LogP contribution in [0.5, 0.6) is 0 Å². The van der Waals surface area contributed by atoms with Crippen LogP contribution >= 0.6 is 11.3 Å². The van der Waals surface area contributed by atoms with Crippen LogP contribution in [-0.2, 0) is 0 Å². The molecular formula is C13H11N3O3S. The molecule has 0 saturated heterocycles. The van der Waals surface area contributed by atoms with Crippen LogP contribution in [0.25, 0.3) is 16.0 Å². The van der Waals surface area contributed by atoms with Crippen molar-refractivity contribution in [3.8, 4) is 5.00 Å². The van der Waals surface area contributed by atoms with Crippen molar-refractivity contribution in [2.45, 2.75) is 13.0 Å². The van der Waals surface area contributed by atoms with Gasteiger partial charge in [0.15, 0.2) is 5.00 Å². The normalized spacial score (nSPS) is 12.7. The van der Waals surface area contributed by atoms with Gasteiger partial charge in [0.1, 0.15) is 6.33 Å². The highest BCUT2D eigenvalue weighted by atomic mass is 32.1. The monoisotopic (exact) mass is 289 g/mol. The standard InChI is InChI=1S/C13H11N3O3S/c1-8(17)12-6-11(16(18)19)13(20-12)15-7-14-9-4-2-3-5-10(9)15/h2-8,17H,1H3/t8-/m1/s1. The second-order valence-corrected chi connectivity index (χ2v) is 5.44. The van der Waals surface area contributed by atoms with Crippen molar-refractivity contribution in [3.05, 3.63) is 51.7 Å². The molecule has 0 unspecified atom stereocenters. The van der Waals surface area contributed by atoms with Crippen LogP contribution in [0.1, 0.15) is 17.9 Å². The van der Waals surface area contributed by atoms with Crippen LogP contribution < -0.4 is 0 Å². The first-order chi connectivity index (χ1) is 9.58. The maximum absolute atomic E-state index is 11.2. The van der Waals surface area contributed by atoms with Gasteiger partial charge in [0.05, 0.1) is 22.1 Å². The molecule has 0 radical (unpaired) electrons. The number of aromatic nitrogens is 2. The quantitative estimate of drug-likeness (QED) is 0.593. The Morgan fingerprint density at radius 2 is 2.20 bits per heavy atom. The number of nitro groups is 1. The van der Waals surface area contributed by atoms with E-state index in [-0.39, 0.29) is 5.69 Å². The van der Waals surface area contributed by atoms with E-state index in [4.69, 9.17) is 0 Å². The Bertz CT molecular complexity index is 791. The summed E-state index contributed by atoms with van der Waals surface area (Å²) in [5, 5.41) is 21.3. The van der Waals surface area contributed by atoms with Crippen molar-refractivity contribution in [3.63, 3.8) is 0 Å². The average Bonchev–Trinajstić information content (AvgIpc) is 3.02. The number of hydrogen-bond donors (Lipinski definition) is 1. The zero-order valence-corrected chi connectivity index (χ0v) is 11.4. The summed E-state index contributed by atoms with van der Waals surface area (Å²) < 4.78 is 1.68. The highest BCUT2D eigenvalue weighted by Crippen LogP contribution is 2.37. The lowest BCUT2D eigenvalue weighted by Gasteiger charge is -2.00. The summed E-state index contributed by atoms with van der Waals surface area (Å²) in [5.74, 6) is 0. The number of imidazole rings is 1. The zero-order valence-electron chi connectivity index (χ0n) is 10.6. The summed E-state index contributed by atoms with van der Waals surface area (Å²) in [5.41, 5.74) is 1.55. The SMILES string of the molecule is C[C@@H](O)c1cc([N+](=O)[O-])c(-n2cnc3ccccc32)s1. The molecule has 1 N–H and O–H groups in total. The zero-order chi connectivity index (χ0) is 14.3. The third-order valence-electron chi connectivity index (χ3n) is 2.99. The van der Waals surface area contributed by atoms with Crippen molar-refractivity contribution in [1.29, 1.82) is 0 Å². The molecule has 0 amide bonds. The predicted octanol–water partition coefficient (Wildman–Crippen LogP) is 3.05. The Balaban J connectivity index is 2.25. The third kappa shape index (κ3) is 1.97. The molecule has 0 spiro atoms. The lowest BCUT2D eigenvalue weighted by molar-refractivity contribution is -0.384. The molecule has 102 valence electrons. The van der Waals surface area contributed by atoms with Crippen molar-refractivity contribution in [2.75, 3.05) is 0 Å². The van der Waals surface area contributed by atoms with E-state index < -0.39 is 11.0 Å². The van der Waals surface area contributed by atoms with E-state index in [0.717, 1.165) is 11.0 Å². The van der Waals surface area contributed by atoms with Crippen LogP contribution in [0.4, 0.5) is 5.69 Å². The smallest absolute Gasteiger partial charge is 0.304 e. The van der Waals surface area contributed by atoms with Gasteiger partial charge in [0, 0.05) is 10.9 Å². The second-order valence-electron chi connectivity index (χ2n) is 4.38. The Kier molecular flexibility index (Phi) is 3.00. The van der Waals surface area contributed by atoms with E-state index in [9.17, 15) is 15.2 Å². The number of hydrogen-bond acceptors (Lipinski definition) is 5. The van der Waals surface area contributed by atoms with Crippen molar-refractivity contribution < 1.29 is 10.0 Å². The molecular weight excluding hydrogens is 278 g/mol. The summed E-state index contributed by atoms with van der Waals surface area (Å²) in [4.78, 5) is 15.5. The summed E-state index contributed by atoms with van der Waals surface area (Å²) in [6.45, 7) is 1.59. The lowest BCUT2D eigenvalue weighted by Crippen LogP contribution is -1.94. The first-order valence-electron chi connectivity index (χ1n) is 5.96. The largest absolute Gasteiger partial charge is 0.388 e. The number of fused-ring (bicyclic) bond motifs is 1. The summed E-state index contributed by atoms with van der Waals surface area (Å²) in [6, 6.07) is 8.84. The van der Waals surface area contributed by atoms with Gasteiger partial charge in [-0.05, 0) is 19.1 Å². The number of nitrogens with zero attached hydrogens (tertiary/aromatic N) is 3. The lowest BCUT2D eigenvalue weighted by atomic mass is 10.3. The number of aliphatic hydroxyl groups is 1. The van der Waals surface area contributed by atoms with Gasteiger partial charge in [-0.1, -0.05) is 12.1 Å². The molecule has 3 aromatic rings. The van der Waals surface area contributed by atoms with Crippen LogP contribution in [-0.4, -0.2) is 19.6 Å². The minimum atomic E-state index is -0.734. The van der Waals surface area contributed by atoms with Gasteiger partial charge in [0.25, 0.3) is 0 Å². The highest BCUT2D eigenvalue weighted by Gasteiger charge is 2.23. The van der Waals surface area contributed by atoms with Gasteiger partial charge >= 0.3 is 5.69 Å². The fourth-order valence-electron chi connectivity index (χ4n) is 2.02. The molecule has 1 atom stereocenters. The van der Waals surface area contributed by atoms with Gasteiger partial charge < -0.3 is 5.11 Å². The number of aliphatic hydroxyl groups excluding tert-OH is 1. The molecule has 0 fully saturated rings. The first kappa shape index (κ1) is 12.8. The van der Waals surface area contributed by atoms with E-state index in [1.54, 1.807) is 17.8 Å². The fourth-order valence-corrected chi connectivity index (χ4v) is 3.07. The minimum absolute atomic E-state index is 0.0194. The Morgan fingerprint density at radius 1 is 1.45 bits per heavy atom. The highest BCUT2D eigenvalue weighted by molar-refractivity contribution is 7.15. The maximum atomic E-state index is 11.2. The van der Waals surface area contributed by atoms with Gasteiger partial charge in [-0.3, -0.25) is 14.7 Å². The Morgan fingerprint density at radius 3 is 2.90 bits per heavy atom. The van der Waals surface area contributed by atoms with E-state index in [1.807, 2.05) is 24.3 Å². The Hall–Kier alpha value is -2.25. The van der Waals surface area contributed by atoms with Crippen molar-refractivity contribution >= 4 is 28.1 Å². The molecule has 6 nitrogen and oxygen atoms in total. The molecule has 0 saturated carbocycles. The third-order valence-corrected chi connectivity index (χ3v) is 4.29. The average molecular weight is 289 g/mol. The van der Waals surface area contributed by atoms with Gasteiger partial charge in [0.2, 0.25) is 0 Å². The molecule has 0 bridgehead atoms. The van der Waals surface area contributed by atoms with E-state index in [1.165, 1.54) is 17.4 Å². The summed E-state index contributed by atoms with van der Waals surface area (Å²) >= 11 is 1.20. The molecule has 20 heavy (non-hydrogen) atoms. The number of thiophene rings is 1. The number of rotatable bonds is 3. The van der Waals surface area contributed by atoms with Crippen LogP contribution in [0.15, 0.2) is 36.7 Å². The van der Waals surface area contributed by atoms with E-state index in [0.29, 0.717) is 9.88 Å². The van der Waals surface area contributed by atoms with Crippen LogP contribution in [0.2, 0.25) is 0 Å². The van der Waals surface area contributed by atoms with Crippen LogP contribution in [0.3, 0.4) is 0 Å².